The van der Waals surface area contributed by atoms with E-state index in [4.69, 9.17) is 4.74 Å². The highest BCUT2D eigenvalue weighted by atomic mass is 19.4. The second-order valence-corrected chi connectivity index (χ2v) is 11.8. The zero-order valence-electron chi connectivity index (χ0n) is 22.6. The van der Waals surface area contributed by atoms with Crippen molar-refractivity contribution in [1.29, 1.82) is 0 Å². The van der Waals surface area contributed by atoms with E-state index in [-0.39, 0.29) is 29.0 Å². The van der Waals surface area contributed by atoms with Crippen LogP contribution in [0.3, 0.4) is 0 Å². The molecule has 2 N–H and O–H groups in total. The predicted molar refractivity (Wildman–Crippen MR) is 137 cm³/mol. The molecule has 8 rings (SSSR count). The van der Waals surface area contributed by atoms with Gasteiger partial charge in [0.2, 0.25) is 0 Å². The van der Waals surface area contributed by atoms with Gasteiger partial charge < -0.3 is 24.6 Å². The second kappa shape index (κ2) is 9.04. The Morgan fingerprint density at radius 2 is 1.86 bits per heavy atom. The molecule has 2 heterocycles. The van der Waals surface area contributed by atoms with Gasteiger partial charge in [-0.3, -0.25) is 4.79 Å². The summed E-state index contributed by atoms with van der Waals surface area (Å²) in [4.78, 5) is 11.6. The molecular formula is C29H25F6N3O5. The third-order valence-corrected chi connectivity index (χ3v) is 8.78. The minimum absolute atomic E-state index is 0.00688. The maximum atomic E-state index is 14.8. The van der Waals surface area contributed by atoms with Gasteiger partial charge in [-0.05, 0) is 69.7 Å². The van der Waals surface area contributed by atoms with Crippen molar-refractivity contribution < 1.29 is 50.5 Å². The van der Waals surface area contributed by atoms with Gasteiger partial charge in [0.05, 0.1) is 28.4 Å². The minimum atomic E-state index is -4.71. The number of carboxylic acids is 1. The van der Waals surface area contributed by atoms with Crippen LogP contribution in [0.2, 0.25) is 0 Å². The molecule has 14 heteroatoms. The van der Waals surface area contributed by atoms with E-state index < -0.39 is 58.9 Å². The first-order valence-corrected chi connectivity index (χ1v) is 13.7. The number of hydrogen-bond acceptors (Lipinski definition) is 6. The molecule has 0 saturated heterocycles. The van der Waals surface area contributed by atoms with Gasteiger partial charge in [0.25, 0.3) is 0 Å². The monoisotopic (exact) mass is 609 g/mol. The van der Waals surface area contributed by atoms with Crippen molar-refractivity contribution in [3.8, 4) is 17.2 Å². The number of carbonyl (C=O) groups is 1. The van der Waals surface area contributed by atoms with Crippen LogP contribution in [0.25, 0.3) is 5.69 Å². The molecule has 3 aromatic rings. The highest BCUT2D eigenvalue weighted by molar-refractivity contribution is 5.79. The number of alkyl halides is 5. The first-order chi connectivity index (χ1) is 20.2. The Morgan fingerprint density at radius 3 is 2.53 bits per heavy atom. The Morgan fingerprint density at radius 1 is 1.16 bits per heavy atom. The number of nitrogens with one attached hydrogen (secondary N) is 1. The summed E-state index contributed by atoms with van der Waals surface area (Å²) in [5, 5.41) is 16.5. The Bertz CT molecular complexity index is 1630. The van der Waals surface area contributed by atoms with Crippen LogP contribution in [0.1, 0.15) is 73.7 Å². The molecular weight excluding hydrogens is 584 g/mol. The first kappa shape index (κ1) is 27.9. The number of ether oxygens (including phenoxy) is 3. The van der Waals surface area contributed by atoms with E-state index in [0.29, 0.717) is 43.5 Å². The van der Waals surface area contributed by atoms with E-state index in [2.05, 4.69) is 19.9 Å². The number of anilines is 1. The smallest absolute Gasteiger partial charge is 0.481 e. The van der Waals surface area contributed by atoms with E-state index >= 15 is 0 Å². The molecule has 1 aromatic heterocycles. The van der Waals surface area contributed by atoms with Gasteiger partial charge >= 0.3 is 18.4 Å². The van der Waals surface area contributed by atoms with Gasteiger partial charge in [-0.25, -0.2) is 9.07 Å². The topological polar surface area (TPSA) is 94.8 Å². The number of halogens is 6. The van der Waals surface area contributed by atoms with Gasteiger partial charge in [-0.15, -0.1) is 8.78 Å². The van der Waals surface area contributed by atoms with E-state index in [9.17, 15) is 36.2 Å². The number of aliphatic carboxylic acids is 1. The van der Waals surface area contributed by atoms with Crippen LogP contribution in [-0.2, 0) is 22.1 Å². The van der Waals surface area contributed by atoms with Crippen molar-refractivity contribution in [3.05, 3.63) is 64.7 Å². The van der Waals surface area contributed by atoms with Gasteiger partial charge in [0.1, 0.15) is 11.9 Å². The predicted octanol–water partition coefficient (Wildman–Crippen LogP) is 6.93. The van der Waals surface area contributed by atoms with Gasteiger partial charge in [-0.2, -0.15) is 18.3 Å². The zero-order chi connectivity index (χ0) is 30.5. The van der Waals surface area contributed by atoms with Crippen LogP contribution in [-0.4, -0.2) is 32.8 Å². The highest BCUT2D eigenvalue weighted by Crippen LogP contribution is 2.70. The van der Waals surface area contributed by atoms with E-state index in [1.165, 1.54) is 4.68 Å². The number of carboxylic acid groups (broad SMARTS) is 1. The molecule has 2 atom stereocenters. The normalized spacial score (nSPS) is 27.1. The molecule has 2 bridgehead atoms. The average Bonchev–Trinajstić information content (AvgIpc) is 3.41. The fourth-order valence-corrected chi connectivity index (χ4v) is 6.90. The third kappa shape index (κ3) is 4.48. The molecule has 0 radical (unpaired) electrons. The summed E-state index contributed by atoms with van der Waals surface area (Å²) in [5.41, 5.74) is -1.43. The van der Waals surface area contributed by atoms with Crippen LogP contribution in [0.5, 0.6) is 11.5 Å². The summed E-state index contributed by atoms with van der Waals surface area (Å²) in [5.74, 6) is -2.46. The van der Waals surface area contributed by atoms with Crippen molar-refractivity contribution in [3.63, 3.8) is 0 Å². The number of aromatic nitrogens is 2. The highest BCUT2D eigenvalue weighted by Gasteiger charge is 2.73. The van der Waals surface area contributed by atoms with Crippen molar-refractivity contribution in [1.82, 2.24) is 9.78 Å². The molecule has 0 spiro atoms. The zero-order valence-corrected chi connectivity index (χ0v) is 22.6. The quantitative estimate of drug-likeness (QED) is 0.281. The molecule has 4 aliphatic carbocycles. The molecule has 0 amide bonds. The fourth-order valence-electron chi connectivity index (χ4n) is 6.90. The summed E-state index contributed by atoms with van der Waals surface area (Å²) in [6.45, 7) is 1.58. The number of nitrogens with zero attached hydrogens (tertiary/aromatic N) is 2. The van der Waals surface area contributed by atoms with Crippen molar-refractivity contribution in [2.24, 2.45) is 5.41 Å². The Kier molecular flexibility index (Phi) is 5.86. The van der Waals surface area contributed by atoms with E-state index in [1.54, 1.807) is 31.2 Å². The molecule has 2 aromatic carbocycles. The largest absolute Gasteiger partial charge is 0.586 e. The lowest BCUT2D eigenvalue weighted by molar-refractivity contribution is -0.300. The molecule has 1 aliphatic heterocycles. The molecule has 3 saturated carbocycles. The SMILES string of the molecule is C[C@H](Nc1cccc(-n2nc(C(F)(F)F)c3c2[C@H](OC24CC(C(=O)O)(C2)C4)CCC3)c1)c1cc2c(cc1F)OC(F)(F)O2. The van der Waals surface area contributed by atoms with Gasteiger partial charge in [-0.1, -0.05) is 6.07 Å². The van der Waals surface area contributed by atoms with Crippen LogP contribution in [0, 0.1) is 11.2 Å². The molecule has 8 nitrogen and oxygen atoms in total. The van der Waals surface area contributed by atoms with E-state index in [0.717, 1.165) is 12.1 Å². The summed E-state index contributed by atoms with van der Waals surface area (Å²) >= 11 is 0. The lowest BCUT2D eigenvalue weighted by Gasteiger charge is -2.67. The van der Waals surface area contributed by atoms with Gasteiger partial charge in [0.15, 0.2) is 17.2 Å². The van der Waals surface area contributed by atoms with Crippen LogP contribution in [0.4, 0.5) is 32.0 Å². The lowest BCUT2D eigenvalue weighted by atomic mass is 9.41. The van der Waals surface area contributed by atoms with Crippen LogP contribution < -0.4 is 14.8 Å². The minimum Gasteiger partial charge on any atom is -0.481 e. The van der Waals surface area contributed by atoms with E-state index in [1.807, 2.05) is 0 Å². The lowest BCUT2D eigenvalue weighted by Crippen LogP contribution is -2.71. The standard InChI is InChI=1S/C29H25F6N3O5/c1-14(18-9-21-22(10-19(18)30)43-29(34,35)42-21)36-15-4-2-5-16(8-15)38-23-17(24(37-38)28(31,32)33)6-3-7-20(23)41-27-11-26(12-27,13-27)25(39)40/h2,4-5,8-10,14,20,36H,3,6-7,11-13H2,1H3,(H,39,40)/t14-,20+,26?,27?/m0/s1. The summed E-state index contributed by atoms with van der Waals surface area (Å²) in [7, 11) is 0. The molecule has 3 fully saturated rings. The second-order valence-electron chi connectivity index (χ2n) is 11.8. The van der Waals surface area contributed by atoms with Crippen LogP contribution in [0.15, 0.2) is 36.4 Å². The summed E-state index contributed by atoms with van der Waals surface area (Å²) < 4.78 is 100. The average molecular weight is 610 g/mol. The molecule has 228 valence electrons. The summed E-state index contributed by atoms with van der Waals surface area (Å²) in [6.07, 6.45) is -7.28. The van der Waals surface area contributed by atoms with Crippen LogP contribution >= 0.6 is 0 Å². The number of benzene rings is 2. The third-order valence-electron chi connectivity index (χ3n) is 8.78. The number of fused-ring (bicyclic) bond motifs is 2. The maximum Gasteiger partial charge on any atom is 0.586 e. The molecule has 0 unspecified atom stereocenters. The number of hydrogen-bond donors (Lipinski definition) is 2. The summed E-state index contributed by atoms with van der Waals surface area (Å²) in [6, 6.07) is 7.50. The van der Waals surface area contributed by atoms with Gasteiger partial charge in [0, 0.05) is 22.9 Å². The molecule has 5 aliphatic rings. The van der Waals surface area contributed by atoms with Crippen molar-refractivity contribution in [2.45, 2.75) is 75.7 Å². The Labute approximate surface area is 240 Å². The Hall–Kier alpha value is -3.94. The number of rotatable bonds is 7. The Balaban J connectivity index is 1.19. The maximum absolute atomic E-state index is 14.8. The first-order valence-electron chi connectivity index (χ1n) is 13.7. The fraction of sp³-hybridized carbons (Fsp3) is 0.448. The van der Waals surface area contributed by atoms with Crippen molar-refractivity contribution >= 4 is 11.7 Å². The molecule has 43 heavy (non-hydrogen) atoms. The van der Waals surface area contributed by atoms with Crippen molar-refractivity contribution in [2.75, 3.05) is 5.32 Å².